The van der Waals surface area contributed by atoms with Crippen LogP contribution >= 0.6 is 0 Å². The van der Waals surface area contributed by atoms with Crippen molar-refractivity contribution in [3.05, 3.63) is 70.8 Å². The third-order valence-electron chi connectivity index (χ3n) is 4.31. The molecule has 1 heterocycles. The molecule has 0 unspecified atom stereocenters. The number of hydrogen-bond acceptors (Lipinski definition) is 4. The van der Waals surface area contributed by atoms with E-state index in [1.165, 1.54) is 5.56 Å². The Hall–Kier alpha value is -2.66. The van der Waals surface area contributed by atoms with Gasteiger partial charge in [-0.25, -0.2) is 4.79 Å². The van der Waals surface area contributed by atoms with Gasteiger partial charge in [0.15, 0.2) is 6.61 Å². The number of nitrogens with zero attached hydrogens (tertiary/aromatic N) is 1. The molecule has 0 N–H and O–H groups in total. The fraction of sp³-hybridized carbons (Fsp3) is 0.300. The van der Waals surface area contributed by atoms with Gasteiger partial charge < -0.3 is 14.4 Å². The van der Waals surface area contributed by atoms with E-state index in [0.717, 1.165) is 17.5 Å². The number of rotatable bonds is 5. The summed E-state index contributed by atoms with van der Waals surface area (Å²) in [6, 6.07) is 15.1. The molecule has 0 aromatic heterocycles. The summed E-state index contributed by atoms with van der Waals surface area (Å²) in [7, 11) is 1.62. The molecule has 25 heavy (non-hydrogen) atoms. The van der Waals surface area contributed by atoms with Gasteiger partial charge in [-0.1, -0.05) is 36.4 Å². The van der Waals surface area contributed by atoms with E-state index in [2.05, 4.69) is 6.07 Å². The lowest BCUT2D eigenvalue weighted by Crippen LogP contribution is -2.38. The standard InChI is InChI=1S/C20H21NO4/c1-24-13-15-6-8-17(9-7-15)20(23)25-14-19(22)21-11-10-16-4-2-3-5-18(16)12-21/h2-9H,10-14H2,1H3. The topological polar surface area (TPSA) is 55.8 Å². The van der Waals surface area contributed by atoms with E-state index in [0.29, 0.717) is 25.3 Å². The van der Waals surface area contributed by atoms with Crippen molar-refractivity contribution in [3.8, 4) is 0 Å². The Morgan fingerprint density at radius 2 is 1.76 bits per heavy atom. The summed E-state index contributed by atoms with van der Waals surface area (Å²) in [4.78, 5) is 26.1. The molecule has 0 radical (unpaired) electrons. The Bertz CT molecular complexity index is 755. The van der Waals surface area contributed by atoms with Crippen LogP contribution in [0.4, 0.5) is 0 Å². The summed E-state index contributed by atoms with van der Waals surface area (Å²) in [5.41, 5.74) is 3.83. The Labute approximate surface area is 147 Å². The maximum absolute atomic E-state index is 12.3. The molecule has 0 saturated heterocycles. The van der Waals surface area contributed by atoms with E-state index in [9.17, 15) is 9.59 Å². The van der Waals surface area contributed by atoms with Crippen molar-refractivity contribution < 1.29 is 19.1 Å². The van der Waals surface area contributed by atoms with Gasteiger partial charge >= 0.3 is 5.97 Å². The van der Waals surface area contributed by atoms with Gasteiger partial charge in [0.25, 0.3) is 5.91 Å². The molecule has 3 rings (SSSR count). The predicted octanol–water partition coefficient (Wildman–Crippen LogP) is 2.57. The molecule has 1 aliphatic heterocycles. The number of carbonyl (C=O) groups excluding carboxylic acids is 2. The Kier molecular flexibility index (Phi) is 5.46. The van der Waals surface area contributed by atoms with Crippen molar-refractivity contribution in [1.82, 2.24) is 4.90 Å². The van der Waals surface area contributed by atoms with Crippen LogP contribution in [0.3, 0.4) is 0 Å². The van der Waals surface area contributed by atoms with Crippen LogP contribution in [0.15, 0.2) is 48.5 Å². The number of methoxy groups -OCH3 is 1. The Morgan fingerprint density at radius 1 is 1.04 bits per heavy atom. The number of ether oxygens (including phenoxy) is 2. The number of esters is 1. The number of carbonyl (C=O) groups is 2. The van der Waals surface area contributed by atoms with Crippen molar-refractivity contribution in [2.45, 2.75) is 19.6 Å². The molecule has 1 amide bonds. The molecule has 0 atom stereocenters. The highest BCUT2D eigenvalue weighted by atomic mass is 16.5. The lowest BCUT2D eigenvalue weighted by molar-refractivity contribution is -0.135. The summed E-state index contributed by atoms with van der Waals surface area (Å²) in [6.07, 6.45) is 0.830. The van der Waals surface area contributed by atoms with Crippen LogP contribution in [0, 0.1) is 0 Å². The van der Waals surface area contributed by atoms with Gasteiger partial charge in [0.1, 0.15) is 0 Å². The minimum absolute atomic E-state index is 0.168. The van der Waals surface area contributed by atoms with Crippen molar-refractivity contribution >= 4 is 11.9 Å². The first-order chi connectivity index (χ1) is 12.2. The van der Waals surface area contributed by atoms with Crippen LogP contribution in [0.5, 0.6) is 0 Å². The minimum Gasteiger partial charge on any atom is -0.452 e. The van der Waals surface area contributed by atoms with E-state index in [-0.39, 0.29) is 12.5 Å². The van der Waals surface area contributed by atoms with Crippen molar-refractivity contribution in [3.63, 3.8) is 0 Å². The maximum atomic E-state index is 12.3. The number of fused-ring (bicyclic) bond motifs is 1. The molecule has 0 bridgehead atoms. The number of hydrogen-bond donors (Lipinski definition) is 0. The maximum Gasteiger partial charge on any atom is 0.338 e. The van der Waals surface area contributed by atoms with E-state index >= 15 is 0 Å². The predicted molar refractivity (Wildman–Crippen MR) is 93.0 cm³/mol. The smallest absolute Gasteiger partial charge is 0.338 e. The largest absolute Gasteiger partial charge is 0.452 e. The SMILES string of the molecule is COCc1ccc(C(=O)OCC(=O)N2CCc3ccccc3C2)cc1. The van der Waals surface area contributed by atoms with Gasteiger partial charge in [0, 0.05) is 20.2 Å². The van der Waals surface area contributed by atoms with Crippen molar-refractivity contribution in [1.29, 1.82) is 0 Å². The first kappa shape index (κ1) is 17.2. The lowest BCUT2D eigenvalue weighted by Gasteiger charge is -2.28. The van der Waals surface area contributed by atoms with E-state index < -0.39 is 5.97 Å². The van der Waals surface area contributed by atoms with Gasteiger partial charge in [0.2, 0.25) is 0 Å². The average Bonchev–Trinajstić information content (AvgIpc) is 2.66. The van der Waals surface area contributed by atoms with E-state index in [4.69, 9.17) is 9.47 Å². The Balaban J connectivity index is 1.53. The molecule has 2 aromatic rings. The summed E-state index contributed by atoms with van der Waals surface area (Å²) in [5, 5.41) is 0. The summed E-state index contributed by atoms with van der Waals surface area (Å²) in [6.45, 7) is 1.47. The minimum atomic E-state index is -0.491. The highest BCUT2D eigenvalue weighted by Gasteiger charge is 2.21. The van der Waals surface area contributed by atoms with Crippen molar-refractivity contribution in [2.24, 2.45) is 0 Å². The zero-order chi connectivity index (χ0) is 17.6. The molecule has 0 fully saturated rings. The third kappa shape index (κ3) is 4.25. The van der Waals surface area contributed by atoms with Crippen molar-refractivity contribution in [2.75, 3.05) is 20.3 Å². The molecule has 0 aliphatic carbocycles. The quantitative estimate of drug-likeness (QED) is 0.786. The fourth-order valence-corrected chi connectivity index (χ4v) is 2.91. The second kappa shape index (κ2) is 7.94. The van der Waals surface area contributed by atoms with E-state index in [1.807, 2.05) is 30.3 Å². The van der Waals surface area contributed by atoms with Gasteiger partial charge in [-0.15, -0.1) is 0 Å². The molecular formula is C20H21NO4. The first-order valence-electron chi connectivity index (χ1n) is 8.27. The second-order valence-electron chi connectivity index (χ2n) is 6.04. The van der Waals surface area contributed by atoms with Crippen LogP contribution in [0.25, 0.3) is 0 Å². The second-order valence-corrected chi connectivity index (χ2v) is 6.04. The normalized spacial score (nSPS) is 13.2. The monoisotopic (exact) mass is 339 g/mol. The molecule has 0 saturated carbocycles. The molecule has 0 spiro atoms. The molecular weight excluding hydrogens is 318 g/mol. The summed E-state index contributed by atoms with van der Waals surface area (Å²) < 4.78 is 10.2. The van der Waals surface area contributed by atoms with Crippen LogP contribution in [-0.4, -0.2) is 37.0 Å². The van der Waals surface area contributed by atoms with E-state index in [1.54, 1.807) is 24.1 Å². The fourth-order valence-electron chi connectivity index (χ4n) is 2.91. The zero-order valence-corrected chi connectivity index (χ0v) is 14.2. The van der Waals surface area contributed by atoms with Gasteiger partial charge in [-0.05, 0) is 35.2 Å². The van der Waals surface area contributed by atoms with Crippen LogP contribution in [0.1, 0.15) is 27.0 Å². The van der Waals surface area contributed by atoms with Crippen LogP contribution in [-0.2, 0) is 33.8 Å². The summed E-state index contributed by atoms with van der Waals surface area (Å²) in [5.74, 6) is -0.659. The highest BCUT2D eigenvalue weighted by molar-refractivity contribution is 5.91. The number of amides is 1. The third-order valence-corrected chi connectivity index (χ3v) is 4.31. The summed E-state index contributed by atoms with van der Waals surface area (Å²) >= 11 is 0. The van der Waals surface area contributed by atoms with Gasteiger partial charge in [-0.2, -0.15) is 0 Å². The average molecular weight is 339 g/mol. The lowest BCUT2D eigenvalue weighted by atomic mass is 10.00. The molecule has 130 valence electrons. The first-order valence-corrected chi connectivity index (χ1v) is 8.27. The zero-order valence-electron chi connectivity index (χ0n) is 14.2. The van der Waals surface area contributed by atoms with Gasteiger partial charge in [0.05, 0.1) is 12.2 Å². The van der Waals surface area contributed by atoms with Crippen LogP contribution in [0.2, 0.25) is 0 Å². The van der Waals surface area contributed by atoms with Crippen LogP contribution < -0.4 is 0 Å². The van der Waals surface area contributed by atoms with Gasteiger partial charge in [-0.3, -0.25) is 4.79 Å². The Morgan fingerprint density at radius 3 is 2.48 bits per heavy atom. The molecule has 2 aromatic carbocycles. The molecule has 5 nitrogen and oxygen atoms in total. The molecule has 1 aliphatic rings. The molecule has 5 heteroatoms. The number of benzene rings is 2. The highest BCUT2D eigenvalue weighted by Crippen LogP contribution is 2.18.